The van der Waals surface area contributed by atoms with Gasteiger partial charge >= 0.3 is 0 Å². The van der Waals surface area contributed by atoms with Gasteiger partial charge < -0.3 is 9.47 Å². The van der Waals surface area contributed by atoms with Gasteiger partial charge in [0.25, 0.3) is 20.2 Å². The van der Waals surface area contributed by atoms with Crippen LogP contribution in [0.2, 0.25) is 0 Å². The summed E-state index contributed by atoms with van der Waals surface area (Å²) in [5, 5.41) is 0. The molecule has 0 unspecified atom stereocenters. The number of hydrogen-bond acceptors (Lipinski definition) is 6. The first kappa shape index (κ1) is 20.7. The minimum atomic E-state index is -3.95. The molecule has 0 aliphatic carbocycles. The van der Waals surface area contributed by atoms with Crippen molar-refractivity contribution in [1.82, 2.24) is 0 Å². The zero-order chi connectivity index (χ0) is 18.1. The van der Waals surface area contributed by atoms with Gasteiger partial charge in [0.15, 0.2) is 11.5 Å². The van der Waals surface area contributed by atoms with Crippen molar-refractivity contribution < 1.29 is 35.4 Å². The van der Waals surface area contributed by atoms with Gasteiger partial charge in [0, 0.05) is 6.07 Å². The maximum Gasteiger partial charge on any atom is 0.264 e. The molecule has 137 valence electrons. The van der Waals surface area contributed by atoms with Gasteiger partial charge in [-0.15, -0.1) is 0 Å². The highest BCUT2D eigenvalue weighted by molar-refractivity contribution is 7.86. The Labute approximate surface area is 142 Å². The normalized spacial score (nSPS) is 12.1. The van der Waals surface area contributed by atoms with E-state index in [4.69, 9.17) is 18.6 Å². The minimum absolute atomic E-state index is 0.245. The highest BCUT2D eigenvalue weighted by Crippen LogP contribution is 2.26. The molecule has 0 bridgehead atoms. The fourth-order valence-electron chi connectivity index (χ4n) is 1.76. The van der Waals surface area contributed by atoms with E-state index in [1.54, 1.807) is 18.2 Å². The Kier molecular flexibility index (Phi) is 8.46. The number of hydrogen-bond donors (Lipinski definition) is 2. The van der Waals surface area contributed by atoms with Crippen molar-refractivity contribution in [3.63, 3.8) is 0 Å². The van der Waals surface area contributed by atoms with Crippen LogP contribution in [0.5, 0.6) is 11.5 Å². The number of para-hydroxylation sites is 1. The molecule has 1 aromatic carbocycles. The minimum Gasteiger partial charge on any atom is -0.490 e. The van der Waals surface area contributed by atoms with Crippen LogP contribution < -0.4 is 9.47 Å². The maximum absolute atomic E-state index is 10.6. The Hall–Kier alpha value is -1.36. The van der Waals surface area contributed by atoms with Crippen LogP contribution in [0.4, 0.5) is 0 Å². The molecule has 1 aromatic rings. The predicted octanol–water partition coefficient (Wildman–Crippen LogP) is 1.58. The summed E-state index contributed by atoms with van der Waals surface area (Å²) in [7, 11) is -7.91. The third kappa shape index (κ3) is 10.4. The molecular formula is C14H21O8S2. The van der Waals surface area contributed by atoms with Crippen LogP contribution in [-0.2, 0) is 20.2 Å². The summed E-state index contributed by atoms with van der Waals surface area (Å²) in [5.74, 6) is 0.193. The Morgan fingerprint density at radius 3 is 1.96 bits per heavy atom. The molecule has 24 heavy (non-hydrogen) atoms. The summed E-state index contributed by atoms with van der Waals surface area (Å²) in [6.07, 6.45) is 1.44. The molecule has 0 aliphatic heterocycles. The third-order valence-electron chi connectivity index (χ3n) is 2.88. The third-order valence-corrected chi connectivity index (χ3v) is 4.49. The van der Waals surface area contributed by atoms with Gasteiger partial charge in [-0.25, -0.2) is 0 Å². The first-order valence-electron chi connectivity index (χ1n) is 7.34. The lowest BCUT2D eigenvalue weighted by Gasteiger charge is -2.12. The van der Waals surface area contributed by atoms with Crippen LogP contribution in [0.25, 0.3) is 0 Å². The van der Waals surface area contributed by atoms with Crippen LogP contribution in [-0.4, -0.2) is 50.7 Å². The number of ether oxygens (including phenoxy) is 2. The molecule has 0 atom stereocenters. The van der Waals surface area contributed by atoms with E-state index in [9.17, 15) is 16.8 Å². The molecule has 10 heteroatoms. The number of unbranched alkanes of at least 4 members (excludes halogenated alkanes) is 2. The van der Waals surface area contributed by atoms with Crippen LogP contribution in [0, 0.1) is 6.07 Å². The van der Waals surface area contributed by atoms with Crippen molar-refractivity contribution in [3.05, 3.63) is 24.3 Å². The second kappa shape index (κ2) is 9.82. The van der Waals surface area contributed by atoms with Crippen LogP contribution in [0.15, 0.2) is 18.2 Å². The lowest BCUT2D eigenvalue weighted by molar-refractivity contribution is 0.261. The summed E-state index contributed by atoms with van der Waals surface area (Å²) in [6, 6.07) is 7.88. The second-order valence-electron chi connectivity index (χ2n) is 5.05. The molecule has 2 N–H and O–H groups in total. The standard InChI is InChI=1S/C14H21O8S2/c15-23(16,17)11-5-3-9-21-13-7-1-2-8-14(13)22-10-4-6-12-24(18,19)20/h1-2,7H,3-6,9-12H2,(H,15,16,17)(H,18,19,20). The van der Waals surface area contributed by atoms with Crippen LogP contribution in [0.1, 0.15) is 25.7 Å². The Morgan fingerprint density at radius 2 is 1.42 bits per heavy atom. The molecule has 0 heterocycles. The summed E-state index contributed by atoms with van der Waals surface area (Å²) in [5.41, 5.74) is 0. The molecule has 1 rings (SSSR count). The lowest BCUT2D eigenvalue weighted by atomic mass is 10.3. The average Bonchev–Trinajstić information content (AvgIpc) is 2.45. The molecule has 8 nitrogen and oxygen atoms in total. The van der Waals surface area contributed by atoms with Gasteiger partial charge in [-0.05, 0) is 31.7 Å². The van der Waals surface area contributed by atoms with Crippen molar-refractivity contribution in [2.45, 2.75) is 25.7 Å². The zero-order valence-electron chi connectivity index (χ0n) is 13.0. The monoisotopic (exact) mass is 381 g/mol. The Balaban J connectivity index is 2.33. The molecule has 0 saturated heterocycles. The summed E-state index contributed by atoms with van der Waals surface area (Å²) in [6.45, 7) is 0.502. The molecule has 0 saturated carbocycles. The lowest BCUT2D eigenvalue weighted by Crippen LogP contribution is -2.08. The molecule has 0 fully saturated rings. The fraction of sp³-hybridized carbons (Fsp3) is 0.571. The summed E-state index contributed by atoms with van der Waals surface area (Å²) >= 11 is 0. The van der Waals surface area contributed by atoms with Crippen LogP contribution >= 0.6 is 0 Å². The van der Waals surface area contributed by atoms with Crippen molar-refractivity contribution in [2.75, 3.05) is 24.7 Å². The molecular weight excluding hydrogens is 360 g/mol. The van der Waals surface area contributed by atoms with E-state index < -0.39 is 20.2 Å². The van der Waals surface area contributed by atoms with E-state index >= 15 is 0 Å². The summed E-state index contributed by atoms with van der Waals surface area (Å²) < 4.78 is 70.6. The average molecular weight is 381 g/mol. The second-order valence-corrected chi connectivity index (χ2v) is 8.19. The van der Waals surface area contributed by atoms with Crippen molar-refractivity contribution in [1.29, 1.82) is 0 Å². The van der Waals surface area contributed by atoms with Gasteiger partial charge in [-0.1, -0.05) is 12.1 Å². The van der Waals surface area contributed by atoms with Crippen molar-refractivity contribution in [3.8, 4) is 11.5 Å². The topological polar surface area (TPSA) is 127 Å². The van der Waals surface area contributed by atoms with Gasteiger partial charge in [0.05, 0.1) is 24.7 Å². The molecule has 0 aromatic heterocycles. The first-order chi connectivity index (χ1) is 11.2. The van der Waals surface area contributed by atoms with Gasteiger partial charge in [-0.3, -0.25) is 9.11 Å². The fourth-order valence-corrected chi connectivity index (χ4v) is 2.90. The summed E-state index contributed by atoms with van der Waals surface area (Å²) in [4.78, 5) is 0. The highest BCUT2D eigenvalue weighted by atomic mass is 32.2. The highest BCUT2D eigenvalue weighted by Gasteiger charge is 2.07. The van der Waals surface area contributed by atoms with E-state index in [1.807, 2.05) is 0 Å². The van der Waals surface area contributed by atoms with Crippen molar-refractivity contribution in [2.24, 2.45) is 0 Å². The SMILES string of the molecule is O=S(=O)(O)CCCCOc1[c]cccc1OCCCCS(=O)(=O)O. The Morgan fingerprint density at radius 1 is 0.875 bits per heavy atom. The first-order valence-corrected chi connectivity index (χ1v) is 10.6. The Bertz CT molecular complexity index is 636. The van der Waals surface area contributed by atoms with E-state index in [0.29, 0.717) is 24.3 Å². The number of rotatable bonds is 12. The van der Waals surface area contributed by atoms with E-state index in [2.05, 4.69) is 6.07 Å². The smallest absolute Gasteiger partial charge is 0.264 e. The van der Waals surface area contributed by atoms with Gasteiger partial charge in [-0.2, -0.15) is 16.8 Å². The van der Waals surface area contributed by atoms with E-state index in [1.165, 1.54) is 0 Å². The van der Waals surface area contributed by atoms with Crippen LogP contribution in [0.3, 0.4) is 0 Å². The maximum atomic E-state index is 10.6. The van der Waals surface area contributed by atoms with Crippen molar-refractivity contribution >= 4 is 20.2 Å². The zero-order valence-corrected chi connectivity index (χ0v) is 14.7. The van der Waals surface area contributed by atoms with E-state index in [0.717, 1.165) is 0 Å². The van der Waals surface area contributed by atoms with E-state index in [-0.39, 0.29) is 37.6 Å². The molecule has 0 spiro atoms. The largest absolute Gasteiger partial charge is 0.490 e. The molecule has 1 radical (unpaired) electrons. The quantitative estimate of drug-likeness (QED) is 0.413. The van der Waals surface area contributed by atoms with Gasteiger partial charge in [0.2, 0.25) is 0 Å². The van der Waals surface area contributed by atoms with Gasteiger partial charge in [0.1, 0.15) is 0 Å². The molecule has 0 amide bonds. The number of benzene rings is 1. The predicted molar refractivity (Wildman–Crippen MR) is 87.6 cm³/mol. The molecule has 0 aliphatic rings.